The molecule has 5 nitrogen and oxygen atoms in total. The number of nitrogens with zero attached hydrogens (tertiary/aromatic N) is 4. The van der Waals surface area contributed by atoms with Gasteiger partial charge in [-0.3, -0.25) is 4.98 Å². The van der Waals surface area contributed by atoms with Crippen LogP contribution >= 0.6 is 0 Å². The predicted molar refractivity (Wildman–Crippen MR) is 107 cm³/mol. The van der Waals surface area contributed by atoms with Crippen LogP contribution in [0.2, 0.25) is 0 Å². The van der Waals surface area contributed by atoms with Crippen LogP contribution in [0.5, 0.6) is 5.75 Å². The molecule has 3 heterocycles. The highest BCUT2D eigenvalue weighted by Gasteiger charge is 2.35. The molecule has 3 aromatic rings. The number of aromatic nitrogens is 3. The van der Waals surface area contributed by atoms with E-state index < -0.39 is 0 Å². The van der Waals surface area contributed by atoms with Crippen LogP contribution in [0.1, 0.15) is 6.42 Å². The molecule has 1 fully saturated rings. The number of anilines is 1. The summed E-state index contributed by atoms with van der Waals surface area (Å²) in [7, 11) is 1.64. The molecule has 0 N–H and O–H groups in total. The molecule has 0 radical (unpaired) electrons. The lowest BCUT2D eigenvalue weighted by Gasteiger charge is -2.28. The summed E-state index contributed by atoms with van der Waals surface area (Å²) in [6, 6.07) is 9.54. The number of fused-ring (bicyclic) bond motifs is 2. The number of halogens is 1. The Kier molecular flexibility index (Phi) is 4.04. The van der Waals surface area contributed by atoms with E-state index >= 15 is 0 Å². The first kappa shape index (κ1) is 16.9. The van der Waals surface area contributed by atoms with Crippen molar-refractivity contribution < 1.29 is 9.13 Å². The van der Waals surface area contributed by atoms with Gasteiger partial charge in [0.25, 0.3) is 0 Å². The van der Waals surface area contributed by atoms with Crippen molar-refractivity contribution in [2.75, 3.05) is 18.6 Å². The van der Waals surface area contributed by atoms with Gasteiger partial charge in [0.15, 0.2) is 5.82 Å². The summed E-state index contributed by atoms with van der Waals surface area (Å²) in [5, 5.41) is 0.899. The monoisotopic (exact) mass is 374 g/mol. The van der Waals surface area contributed by atoms with Crippen molar-refractivity contribution in [1.82, 2.24) is 15.0 Å². The Morgan fingerprint density at radius 1 is 1.21 bits per heavy atom. The first-order chi connectivity index (χ1) is 13.7. The fourth-order valence-corrected chi connectivity index (χ4v) is 4.01. The third-order valence-electron chi connectivity index (χ3n) is 5.41. The van der Waals surface area contributed by atoms with Gasteiger partial charge in [0.1, 0.15) is 17.4 Å². The van der Waals surface area contributed by atoms with Crippen molar-refractivity contribution in [2.24, 2.45) is 5.92 Å². The van der Waals surface area contributed by atoms with Crippen molar-refractivity contribution in [1.29, 1.82) is 0 Å². The minimum Gasteiger partial charge on any atom is -0.497 e. The van der Waals surface area contributed by atoms with Gasteiger partial charge >= 0.3 is 0 Å². The fraction of sp³-hybridized carbons (Fsp3) is 0.227. The second kappa shape index (κ2) is 6.71. The normalized spacial score (nSPS) is 20.9. The van der Waals surface area contributed by atoms with E-state index in [2.05, 4.69) is 9.88 Å². The zero-order valence-corrected chi connectivity index (χ0v) is 15.4. The van der Waals surface area contributed by atoms with Crippen molar-refractivity contribution in [2.45, 2.75) is 12.5 Å². The van der Waals surface area contributed by atoms with Crippen LogP contribution in [0, 0.1) is 5.92 Å². The van der Waals surface area contributed by atoms with Crippen LogP contribution in [-0.2, 0) is 0 Å². The Bertz CT molecular complexity index is 1100. The summed E-state index contributed by atoms with van der Waals surface area (Å²) in [4.78, 5) is 16.0. The quantitative estimate of drug-likeness (QED) is 0.683. The van der Waals surface area contributed by atoms with E-state index in [-0.39, 0.29) is 17.8 Å². The van der Waals surface area contributed by atoms with Crippen molar-refractivity contribution in [3.8, 4) is 17.1 Å². The van der Waals surface area contributed by atoms with Gasteiger partial charge in [0.2, 0.25) is 0 Å². The molecule has 0 bridgehead atoms. The molecule has 1 aromatic carbocycles. The zero-order valence-electron chi connectivity index (χ0n) is 15.4. The second-order valence-electron chi connectivity index (χ2n) is 7.04. The number of allylic oxidation sites excluding steroid dienone is 2. The maximum absolute atomic E-state index is 14.0. The molecule has 2 aliphatic rings. The van der Waals surface area contributed by atoms with Crippen LogP contribution in [0.3, 0.4) is 0 Å². The minimum atomic E-state index is -0.198. The van der Waals surface area contributed by atoms with E-state index in [0.29, 0.717) is 5.82 Å². The summed E-state index contributed by atoms with van der Waals surface area (Å²) in [5.74, 6) is 2.25. The molecule has 0 saturated carbocycles. The van der Waals surface area contributed by atoms with Crippen molar-refractivity contribution in [3.05, 3.63) is 66.8 Å². The fourth-order valence-electron chi connectivity index (χ4n) is 4.01. The average Bonchev–Trinajstić information content (AvgIpc) is 3.16. The van der Waals surface area contributed by atoms with E-state index in [1.165, 1.54) is 0 Å². The highest BCUT2D eigenvalue weighted by atomic mass is 19.1. The van der Waals surface area contributed by atoms with Gasteiger partial charge in [-0.1, -0.05) is 6.08 Å². The maximum Gasteiger partial charge on any atom is 0.163 e. The van der Waals surface area contributed by atoms with E-state index in [1.54, 1.807) is 31.7 Å². The van der Waals surface area contributed by atoms with Gasteiger partial charge in [-0.05, 0) is 48.9 Å². The van der Waals surface area contributed by atoms with Gasteiger partial charge in [-0.25, -0.2) is 14.4 Å². The molecule has 1 saturated heterocycles. The molecule has 2 atom stereocenters. The molecule has 6 heteroatoms. The largest absolute Gasteiger partial charge is 0.497 e. The summed E-state index contributed by atoms with van der Waals surface area (Å²) >= 11 is 0. The van der Waals surface area contributed by atoms with Gasteiger partial charge in [-0.15, -0.1) is 0 Å². The predicted octanol–water partition coefficient (Wildman–Crippen LogP) is 4.32. The number of pyridine rings is 1. The molecule has 5 rings (SSSR count). The Morgan fingerprint density at radius 3 is 2.96 bits per heavy atom. The van der Waals surface area contributed by atoms with E-state index in [9.17, 15) is 4.39 Å². The van der Waals surface area contributed by atoms with Crippen molar-refractivity contribution >= 4 is 16.7 Å². The molecule has 2 unspecified atom stereocenters. The van der Waals surface area contributed by atoms with Crippen LogP contribution < -0.4 is 9.64 Å². The molecule has 0 spiro atoms. The van der Waals surface area contributed by atoms with Gasteiger partial charge in [0.05, 0.1) is 18.7 Å². The molecule has 140 valence electrons. The third-order valence-corrected chi connectivity index (χ3v) is 5.41. The average molecular weight is 374 g/mol. The number of methoxy groups -OCH3 is 1. The molecule has 0 amide bonds. The van der Waals surface area contributed by atoms with Crippen LogP contribution in [0.15, 0.2) is 66.8 Å². The minimum absolute atomic E-state index is 0.0453. The molecule has 2 aromatic heterocycles. The zero-order chi connectivity index (χ0) is 19.1. The summed E-state index contributed by atoms with van der Waals surface area (Å²) in [5.41, 5.74) is 1.67. The second-order valence-corrected chi connectivity index (χ2v) is 7.04. The lowest BCUT2D eigenvalue weighted by atomic mass is 9.95. The molecular formula is C22H19FN4O. The first-order valence-corrected chi connectivity index (χ1v) is 9.31. The highest BCUT2D eigenvalue weighted by molar-refractivity contribution is 5.92. The molecule has 1 aliphatic heterocycles. The molecule has 1 aliphatic carbocycles. The smallest absolute Gasteiger partial charge is 0.163 e. The number of benzene rings is 1. The lowest BCUT2D eigenvalue weighted by molar-refractivity contribution is 0.415. The lowest BCUT2D eigenvalue weighted by Crippen LogP contribution is -2.32. The van der Waals surface area contributed by atoms with Gasteiger partial charge in [-0.2, -0.15) is 0 Å². The third kappa shape index (κ3) is 2.81. The summed E-state index contributed by atoms with van der Waals surface area (Å²) < 4.78 is 19.4. The molecular weight excluding hydrogens is 355 g/mol. The van der Waals surface area contributed by atoms with Crippen LogP contribution in [0.4, 0.5) is 10.2 Å². The van der Waals surface area contributed by atoms with Crippen LogP contribution in [-0.4, -0.2) is 34.6 Å². The standard InChI is InChI=1S/C22H19FN4O/c1-28-17-6-7-19-18(12-17)22(26-21(25-19)15-3-2-9-24-13-15)27-10-8-14-4-5-16(23)11-20(14)27/h2-7,9,11-14,20H,8,10H2,1H3. The highest BCUT2D eigenvalue weighted by Crippen LogP contribution is 2.38. The number of ether oxygens (including phenoxy) is 1. The van der Waals surface area contributed by atoms with Crippen molar-refractivity contribution in [3.63, 3.8) is 0 Å². The van der Waals surface area contributed by atoms with E-state index in [0.717, 1.165) is 41.0 Å². The van der Waals surface area contributed by atoms with E-state index in [1.807, 2.05) is 36.4 Å². The summed E-state index contributed by atoms with van der Waals surface area (Å²) in [6.45, 7) is 0.805. The topological polar surface area (TPSA) is 51.1 Å². The van der Waals surface area contributed by atoms with Gasteiger partial charge in [0, 0.05) is 35.8 Å². The summed E-state index contributed by atoms with van der Waals surface area (Å²) in [6.07, 6.45) is 9.66. The number of hydrogen-bond donors (Lipinski definition) is 0. The Morgan fingerprint density at radius 2 is 2.14 bits per heavy atom. The SMILES string of the molecule is COc1ccc2nc(-c3cccnc3)nc(N3CCC4C=CC(F)=CC43)c2c1. The Labute approximate surface area is 162 Å². The van der Waals surface area contributed by atoms with Gasteiger partial charge < -0.3 is 9.64 Å². The number of hydrogen-bond acceptors (Lipinski definition) is 5. The maximum atomic E-state index is 14.0. The van der Waals surface area contributed by atoms with E-state index in [4.69, 9.17) is 14.7 Å². The first-order valence-electron chi connectivity index (χ1n) is 9.31. The molecule has 28 heavy (non-hydrogen) atoms. The Balaban J connectivity index is 1.70. The number of rotatable bonds is 3. The Hall–Kier alpha value is -3.28. The van der Waals surface area contributed by atoms with Crippen LogP contribution in [0.25, 0.3) is 22.3 Å².